The van der Waals surface area contributed by atoms with Crippen LogP contribution in [-0.4, -0.2) is 46.9 Å². The van der Waals surface area contributed by atoms with E-state index in [2.05, 4.69) is 20.7 Å². The van der Waals surface area contributed by atoms with Crippen molar-refractivity contribution in [3.8, 4) is 0 Å². The Morgan fingerprint density at radius 1 is 1.19 bits per heavy atom. The molecule has 110 valence electrons. The van der Waals surface area contributed by atoms with Gasteiger partial charge in [0, 0.05) is 0 Å². The number of carbonyl (C=O) groups excluding carboxylic acids is 4. The summed E-state index contributed by atoms with van der Waals surface area (Å²) >= 11 is 3.07. The minimum absolute atomic E-state index is 0.154. The molecule has 0 bridgehead atoms. The summed E-state index contributed by atoms with van der Waals surface area (Å²) in [7, 11) is 1.22. The fourth-order valence-electron chi connectivity index (χ4n) is 1.98. The van der Waals surface area contributed by atoms with Crippen LogP contribution < -0.4 is 0 Å². The second-order valence-electron chi connectivity index (χ2n) is 4.46. The largest absolute Gasteiger partial charge is 0.469 e. The highest BCUT2D eigenvalue weighted by molar-refractivity contribution is 9.10. The number of imide groups is 1. The number of benzene rings is 1. The van der Waals surface area contributed by atoms with Gasteiger partial charge in [0.1, 0.15) is 0 Å². The van der Waals surface area contributed by atoms with Gasteiger partial charge in [-0.25, -0.2) is 0 Å². The lowest BCUT2D eigenvalue weighted by Gasteiger charge is -2.15. The predicted molar refractivity (Wildman–Crippen MR) is 76.2 cm³/mol. The van der Waals surface area contributed by atoms with Gasteiger partial charge in [-0.15, -0.1) is 0 Å². The molecular weight excluding hydrogens is 342 g/mol. The summed E-state index contributed by atoms with van der Waals surface area (Å²) in [6.45, 7) is -0.376. The van der Waals surface area contributed by atoms with E-state index in [0.717, 1.165) is 4.90 Å². The van der Waals surface area contributed by atoms with E-state index in [1.165, 1.54) is 7.11 Å². The maximum atomic E-state index is 12.1. The highest BCUT2D eigenvalue weighted by Crippen LogP contribution is 2.23. The van der Waals surface area contributed by atoms with Gasteiger partial charge in [-0.1, -0.05) is 28.1 Å². The molecule has 2 rings (SSSR count). The van der Waals surface area contributed by atoms with Crippen LogP contribution >= 0.6 is 15.9 Å². The first-order valence-corrected chi connectivity index (χ1v) is 7.06. The Balaban J connectivity index is 2.08. The average molecular weight is 354 g/mol. The first kappa shape index (κ1) is 15.4. The van der Waals surface area contributed by atoms with E-state index in [4.69, 9.17) is 0 Å². The lowest BCUT2D eigenvalue weighted by atomic mass is 10.1. The van der Waals surface area contributed by atoms with Crippen molar-refractivity contribution >= 4 is 39.5 Å². The van der Waals surface area contributed by atoms with Crippen LogP contribution in [0.5, 0.6) is 0 Å². The van der Waals surface area contributed by atoms with Crippen LogP contribution in [0.1, 0.15) is 27.1 Å². The molecule has 0 saturated carbocycles. The zero-order valence-corrected chi connectivity index (χ0v) is 12.8. The van der Waals surface area contributed by atoms with Crippen molar-refractivity contribution < 1.29 is 23.9 Å². The predicted octanol–water partition coefficient (Wildman–Crippen LogP) is 1.18. The van der Waals surface area contributed by atoms with E-state index in [1.54, 1.807) is 24.3 Å². The Labute approximate surface area is 129 Å². The van der Waals surface area contributed by atoms with Crippen LogP contribution in [-0.2, 0) is 14.3 Å². The van der Waals surface area contributed by atoms with Crippen LogP contribution in [0.3, 0.4) is 0 Å². The van der Waals surface area contributed by atoms with E-state index in [1.807, 2.05) is 0 Å². The summed E-state index contributed by atoms with van der Waals surface area (Å²) in [5, 5.41) is 0. The number of halogens is 1. The highest BCUT2D eigenvalue weighted by atomic mass is 79.9. The van der Waals surface area contributed by atoms with Gasteiger partial charge >= 0.3 is 5.97 Å². The van der Waals surface area contributed by atoms with E-state index < -0.39 is 28.4 Å². The molecule has 0 fully saturated rings. The topological polar surface area (TPSA) is 80.8 Å². The second kappa shape index (κ2) is 6.17. The molecule has 7 heteroatoms. The third-order valence-electron chi connectivity index (χ3n) is 3.12. The number of amides is 2. The van der Waals surface area contributed by atoms with Gasteiger partial charge in [-0.3, -0.25) is 24.1 Å². The maximum Gasteiger partial charge on any atom is 0.307 e. The smallest absolute Gasteiger partial charge is 0.307 e. The molecule has 1 atom stereocenters. The number of Topliss-reactive ketones (excluding diaryl/α,β-unsaturated/α-hetero) is 1. The Hall–Kier alpha value is -2.02. The van der Waals surface area contributed by atoms with Gasteiger partial charge in [0.25, 0.3) is 11.8 Å². The normalized spacial score (nSPS) is 14.9. The van der Waals surface area contributed by atoms with Gasteiger partial charge in [0.2, 0.25) is 0 Å². The van der Waals surface area contributed by atoms with Gasteiger partial charge < -0.3 is 4.74 Å². The zero-order valence-electron chi connectivity index (χ0n) is 11.2. The molecule has 0 spiro atoms. The first-order valence-electron chi connectivity index (χ1n) is 6.14. The van der Waals surface area contributed by atoms with E-state index in [9.17, 15) is 19.2 Å². The number of rotatable bonds is 5. The standard InChI is InChI=1S/C14H12BrNO5/c1-21-12(18)6-10(15)11(17)7-16-13(19)8-4-2-3-5-9(8)14(16)20/h2-5,10H,6-7H2,1H3. The van der Waals surface area contributed by atoms with Crippen molar-refractivity contribution in [3.63, 3.8) is 0 Å². The number of ketones is 1. The third-order valence-corrected chi connectivity index (χ3v) is 3.95. The number of esters is 1. The summed E-state index contributed by atoms with van der Waals surface area (Å²) in [4.78, 5) is 47.4. The number of fused-ring (bicyclic) bond motifs is 1. The maximum absolute atomic E-state index is 12.1. The lowest BCUT2D eigenvalue weighted by Crippen LogP contribution is -2.38. The molecule has 0 N–H and O–H groups in total. The molecule has 2 amide bonds. The highest BCUT2D eigenvalue weighted by Gasteiger charge is 2.37. The van der Waals surface area contributed by atoms with Crippen LogP contribution in [0.4, 0.5) is 0 Å². The third kappa shape index (κ3) is 3.02. The minimum atomic E-state index is -0.797. The molecule has 0 aromatic heterocycles. The number of carbonyl (C=O) groups is 4. The molecule has 0 aliphatic carbocycles. The Kier molecular flexibility index (Phi) is 4.52. The van der Waals surface area contributed by atoms with Crippen LogP contribution in [0, 0.1) is 0 Å². The molecule has 1 aliphatic rings. The Morgan fingerprint density at radius 2 is 1.71 bits per heavy atom. The van der Waals surface area contributed by atoms with Gasteiger partial charge in [0.15, 0.2) is 5.78 Å². The van der Waals surface area contributed by atoms with E-state index in [0.29, 0.717) is 0 Å². The van der Waals surface area contributed by atoms with E-state index >= 15 is 0 Å². The molecule has 6 nitrogen and oxygen atoms in total. The number of nitrogens with zero attached hydrogens (tertiary/aromatic N) is 1. The number of hydrogen-bond acceptors (Lipinski definition) is 5. The SMILES string of the molecule is COC(=O)CC(Br)C(=O)CN1C(=O)c2ccccc2C1=O. The zero-order chi connectivity index (χ0) is 15.6. The lowest BCUT2D eigenvalue weighted by molar-refractivity contribution is -0.141. The summed E-state index contributed by atoms with van der Waals surface area (Å²) in [5.41, 5.74) is 0.573. The molecule has 0 radical (unpaired) electrons. The van der Waals surface area contributed by atoms with Crippen LogP contribution in [0.25, 0.3) is 0 Å². The Bertz CT molecular complexity index is 593. The van der Waals surface area contributed by atoms with Crippen molar-refractivity contribution in [2.24, 2.45) is 0 Å². The molecular formula is C14H12BrNO5. The van der Waals surface area contributed by atoms with Crippen molar-refractivity contribution in [2.75, 3.05) is 13.7 Å². The molecule has 1 unspecified atom stereocenters. The van der Waals surface area contributed by atoms with Crippen molar-refractivity contribution in [1.82, 2.24) is 4.90 Å². The molecule has 21 heavy (non-hydrogen) atoms. The summed E-state index contributed by atoms with van der Waals surface area (Å²) in [6, 6.07) is 6.39. The number of hydrogen-bond donors (Lipinski definition) is 0. The molecule has 1 aromatic rings. The van der Waals surface area contributed by atoms with Gasteiger partial charge in [-0.2, -0.15) is 0 Å². The van der Waals surface area contributed by atoms with Crippen LogP contribution in [0.15, 0.2) is 24.3 Å². The first-order chi connectivity index (χ1) is 9.95. The summed E-state index contributed by atoms with van der Waals surface area (Å²) < 4.78 is 4.47. The molecule has 1 aliphatic heterocycles. The summed E-state index contributed by atoms with van der Waals surface area (Å²) in [5.74, 6) is -1.98. The summed E-state index contributed by atoms with van der Waals surface area (Å²) in [6.07, 6.45) is -0.154. The quantitative estimate of drug-likeness (QED) is 0.451. The number of alkyl halides is 1. The minimum Gasteiger partial charge on any atom is -0.469 e. The Morgan fingerprint density at radius 3 is 2.19 bits per heavy atom. The van der Waals surface area contributed by atoms with Gasteiger partial charge in [-0.05, 0) is 12.1 Å². The fraction of sp³-hybridized carbons (Fsp3) is 0.286. The monoisotopic (exact) mass is 353 g/mol. The second-order valence-corrected chi connectivity index (χ2v) is 5.56. The van der Waals surface area contributed by atoms with Gasteiger partial charge in [0.05, 0.1) is 36.0 Å². The average Bonchev–Trinajstić information content (AvgIpc) is 2.72. The fourth-order valence-corrected chi connectivity index (χ4v) is 2.39. The van der Waals surface area contributed by atoms with E-state index in [-0.39, 0.29) is 24.1 Å². The molecule has 1 heterocycles. The molecule has 1 aromatic carbocycles. The van der Waals surface area contributed by atoms with Crippen LogP contribution in [0.2, 0.25) is 0 Å². The number of methoxy groups -OCH3 is 1. The van der Waals surface area contributed by atoms with Crippen molar-refractivity contribution in [2.45, 2.75) is 11.2 Å². The van der Waals surface area contributed by atoms with Crippen molar-refractivity contribution in [1.29, 1.82) is 0 Å². The number of ether oxygens (including phenoxy) is 1. The molecule has 0 saturated heterocycles. The van der Waals surface area contributed by atoms with Crippen molar-refractivity contribution in [3.05, 3.63) is 35.4 Å².